The summed E-state index contributed by atoms with van der Waals surface area (Å²) in [6.07, 6.45) is 1.52. The molecule has 0 spiro atoms. The van der Waals surface area contributed by atoms with Crippen molar-refractivity contribution in [1.82, 2.24) is 5.43 Å². The Bertz CT molecular complexity index is 707. The Hall–Kier alpha value is -3.15. The van der Waals surface area contributed by atoms with E-state index in [0.29, 0.717) is 11.3 Å². The van der Waals surface area contributed by atoms with E-state index in [-0.39, 0.29) is 12.5 Å². The smallest absolute Gasteiger partial charge is 0.271 e. The predicted octanol–water partition coefficient (Wildman–Crippen LogP) is 1.62. The van der Waals surface area contributed by atoms with Crippen LogP contribution in [0.3, 0.4) is 0 Å². The second-order valence-electron chi connectivity index (χ2n) is 4.89. The van der Waals surface area contributed by atoms with Crippen LogP contribution in [0.4, 0.5) is 0 Å². The van der Waals surface area contributed by atoms with Crippen molar-refractivity contribution in [3.05, 3.63) is 65.2 Å². The van der Waals surface area contributed by atoms with Crippen molar-refractivity contribution in [1.29, 1.82) is 0 Å². The molecule has 0 fully saturated rings. The molecule has 2 amide bonds. The second kappa shape index (κ2) is 7.74. The molecule has 2 aromatic rings. The summed E-state index contributed by atoms with van der Waals surface area (Å²) >= 11 is 0. The van der Waals surface area contributed by atoms with Crippen molar-refractivity contribution in [2.75, 3.05) is 6.61 Å². The zero-order valence-electron chi connectivity index (χ0n) is 12.7. The normalized spacial score (nSPS) is 10.5. The molecule has 0 radical (unpaired) electrons. The fourth-order valence-electron chi connectivity index (χ4n) is 1.74. The summed E-state index contributed by atoms with van der Waals surface area (Å²) in [7, 11) is 0. The Balaban J connectivity index is 1.88. The highest BCUT2D eigenvalue weighted by molar-refractivity contribution is 5.94. The lowest BCUT2D eigenvalue weighted by Gasteiger charge is -2.03. The first-order chi connectivity index (χ1) is 11.0. The minimum absolute atomic E-state index is 0.167. The van der Waals surface area contributed by atoms with Gasteiger partial charge in [-0.2, -0.15) is 5.10 Å². The van der Waals surface area contributed by atoms with Gasteiger partial charge in [-0.25, -0.2) is 5.43 Å². The van der Waals surface area contributed by atoms with Crippen molar-refractivity contribution in [2.24, 2.45) is 10.8 Å². The summed E-state index contributed by atoms with van der Waals surface area (Å²) in [6, 6.07) is 14.1. The van der Waals surface area contributed by atoms with E-state index in [1.54, 1.807) is 36.4 Å². The zero-order chi connectivity index (χ0) is 16.7. The molecule has 2 aromatic carbocycles. The van der Waals surface area contributed by atoms with Crippen LogP contribution >= 0.6 is 0 Å². The van der Waals surface area contributed by atoms with Gasteiger partial charge >= 0.3 is 0 Å². The molecule has 0 unspecified atom stereocenters. The highest BCUT2D eigenvalue weighted by Gasteiger charge is 2.02. The van der Waals surface area contributed by atoms with Crippen molar-refractivity contribution in [2.45, 2.75) is 6.92 Å². The van der Waals surface area contributed by atoms with Gasteiger partial charge in [0.05, 0.1) is 6.21 Å². The quantitative estimate of drug-likeness (QED) is 0.627. The number of carbonyl (C=O) groups excluding carboxylic acids is 2. The van der Waals surface area contributed by atoms with Crippen LogP contribution in [0.2, 0.25) is 0 Å². The Kier molecular flexibility index (Phi) is 5.46. The van der Waals surface area contributed by atoms with Crippen molar-refractivity contribution in [3.63, 3.8) is 0 Å². The maximum Gasteiger partial charge on any atom is 0.271 e. The summed E-state index contributed by atoms with van der Waals surface area (Å²) in [5.74, 6) is -0.276. The van der Waals surface area contributed by atoms with Gasteiger partial charge in [-0.3, -0.25) is 9.59 Å². The first kappa shape index (κ1) is 16.2. The van der Waals surface area contributed by atoms with E-state index in [4.69, 9.17) is 10.5 Å². The average Bonchev–Trinajstić information content (AvgIpc) is 2.54. The van der Waals surface area contributed by atoms with Gasteiger partial charge in [0.1, 0.15) is 5.75 Å². The van der Waals surface area contributed by atoms with Gasteiger partial charge in [0, 0.05) is 5.56 Å². The Morgan fingerprint density at radius 1 is 1.13 bits per heavy atom. The molecule has 0 saturated carbocycles. The minimum atomic E-state index is -0.533. The number of nitrogens with two attached hydrogens (primary N) is 1. The molecule has 2 rings (SSSR count). The lowest BCUT2D eigenvalue weighted by Crippen LogP contribution is -2.20. The Morgan fingerprint density at radius 2 is 1.78 bits per heavy atom. The molecule has 0 aromatic heterocycles. The SMILES string of the molecule is Cc1ccc(C(=O)N/N=C/c2ccc(OCC(N)=O)cc2)cc1. The molecule has 118 valence electrons. The van der Waals surface area contributed by atoms with Gasteiger partial charge in [-0.15, -0.1) is 0 Å². The van der Waals surface area contributed by atoms with Crippen molar-refractivity contribution in [3.8, 4) is 5.75 Å². The number of nitrogens with zero attached hydrogens (tertiary/aromatic N) is 1. The number of rotatable bonds is 6. The van der Waals surface area contributed by atoms with Crippen LogP contribution in [0.1, 0.15) is 21.5 Å². The van der Waals surface area contributed by atoms with Crippen molar-refractivity contribution < 1.29 is 14.3 Å². The topological polar surface area (TPSA) is 93.8 Å². The highest BCUT2D eigenvalue weighted by Crippen LogP contribution is 2.10. The summed E-state index contributed by atoms with van der Waals surface area (Å²) in [5, 5.41) is 3.90. The number of ether oxygens (including phenoxy) is 1. The number of hydrazone groups is 1. The fraction of sp³-hybridized carbons (Fsp3) is 0.118. The molecule has 0 aliphatic rings. The largest absolute Gasteiger partial charge is 0.484 e. The molecule has 0 aliphatic carbocycles. The first-order valence-electron chi connectivity index (χ1n) is 6.96. The lowest BCUT2D eigenvalue weighted by molar-refractivity contribution is -0.119. The number of primary amides is 1. The maximum absolute atomic E-state index is 11.9. The van der Waals surface area contributed by atoms with E-state index in [9.17, 15) is 9.59 Å². The highest BCUT2D eigenvalue weighted by atomic mass is 16.5. The summed E-state index contributed by atoms with van der Waals surface area (Å²) in [5.41, 5.74) is 9.86. The Labute approximate surface area is 134 Å². The molecule has 0 heterocycles. The number of nitrogens with one attached hydrogen (secondary N) is 1. The molecule has 3 N–H and O–H groups in total. The first-order valence-corrected chi connectivity index (χ1v) is 6.96. The van der Waals surface area contributed by atoms with Crippen LogP contribution in [0.25, 0.3) is 0 Å². The molecule has 6 nitrogen and oxygen atoms in total. The summed E-state index contributed by atoms with van der Waals surface area (Å²) < 4.78 is 5.14. The number of amides is 2. The monoisotopic (exact) mass is 311 g/mol. The zero-order valence-corrected chi connectivity index (χ0v) is 12.7. The minimum Gasteiger partial charge on any atom is -0.484 e. The van der Waals surface area contributed by atoms with Crippen molar-refractivity contribution >= 4 is 18.0 Å². The number of carbonyl (C=O) groups is 2. The summed E-state index contributed by atoms with van der Waals surface area (Å²) in [4.78, 5) is 22.5. The molecular formula is C17H17N3O3. The number of hydrogen-bond acceptors (Lipinski definition) is 4. The van der Waals surface area contributed by atoms with Crippen LogP contribution in [-0.2, 0) is 4.79 Å². The summed E-state index contributed by atoms with van der Waals surface area (Å²) in [6.45, 7) is 1.79. The van der Waals surface area contributed by atoms with E-state index >= 15 is 0 Å². The number of hydrogen-bond donors (Lipinski definition) is 2. The maximum atomic E-state index is 11.9. The molecule has 0 saturated heterocycles. The molecule has 23 heavy (non-hydrogen) atoms. The lowest BCUT2D eigenvalue weighted by atomic mass is 10.1. The predicted molar refractivity (Wildman–Crippen MR) is 87.4 cm³/mol. The standard InChI is InChI=1S/C17H17N3O3/c1-12-2-6-14(7-3-12)17(22)20-19-10-13-4-8-15(9-5-13)23-11-16(18)21/h2-10H,11H2,1H3,(H2,18,21)(H,20,22)/b19-10+. The average molecular weight is 311 g/mol. The van der Waals surface area contributed by atoms with Gasteiger partial charge in [-0.05, 0) is 48.9 Å². The van der Waals surface area contributed by atoms with E-state index in [2.05, 4.69) is 10.5 Å². The molecule has 0 bridgehead atoms. The van der Waals surface area contributed by atoms with Crippen LogP contribution in [0.15, 0.2) is 53.6 Å². The van der Waals surface area contributed by atoms with Gasteiger partial charge < -0.3 is 10.5 Å². The van der Waals surface area contributed by atoms with Gasteiger partial charge in [0.2, 0.25) is 0 Å². The third-order valence-corrected chi connectivity index (χ3v) is 2.95. The fourth-order valence-corrected chi connectivity index (χ4v) is 1.74. The third-order valence-electron chi connectivity index (χ3n) is 2.95. The van der Waals surface area contributed by atoms with Gasteiger partial charge in [0.15, 0.2) is 6.61 Å². The van der Waals surface area contributed by atoms with E-state index in [0.717, 1.165) is 11.1 Å². The molecule has 6 heteroatoms. The Morgan fingerprint density at radius 3 is 2.39 bits per heavy atom. The van der Waals surface area contributed by atoms with Crippen LogP contribution in [-0.4, -0.2) is 24.6 Å². The van der Waals surface area contributed by atoms with Gasteiger partial charge in [-0.1, -0.05) is 17.7 Å². The van der Waals surface area contributed by atoms with E-state index in [1.807, 2.05) is 19.1 Å². The van der Waals surface area contributed by atoms with Crippen LogP contribution < -0.4 is 15.9 Å². The van der Waals surface area contributed by atoms with E-state index in [1.165, 1.54) is 6.21 Å². The second-order valence-corrected chi connectivity index (χ2v) is 4.89. The molecule has 0 aliphatic heterocycles. The third kappa shape index (κ3) is 5.28. The molecule has 0 atom stereocenters. The van der Waals surface area contributed by atoms with E-state index < -0.39 is 5.91 Å². The van der Waals surface area contributed by atoms with Crippen LogP contribution in [0.5, 0.6) is 5.75 Å². The van der Waals surface area contributed by atoms with Gasteiger partial charge in [0.25, 0.3) is 11.8 Å². The number of aryl methyl sites for hydroxylation is 1. The van der Waals surface area contributed by atoms with Crippen LogP contribution in [0, 0.1) is 6.92 Å². The molecular weight excluding hydrogens is 294 g/mol. The number of benzene rings is 2.